The molecule has 1 amide bonds. The molecule has 2 rings (SSSR count). The molecule has 3 heteroatoms. The van der Waals surface area contributed by atoms with Crippen LogP contribution in [0.4, 0.5) is 0 Å². The number of likely N-dealkylation sites (tertiary alicyclic amines) is 1. The molecule has 0 aromatic heterocycles. The Morgan fingerprint density at radius 1 is 1.27 bits per heavy atom. The lowest BCUT2D eigenvalue weighted by atomic mass is 9.88. The van der Waals surface area contributed by atoms with Gasteiger partial charge < -0.3 is 10.2 Å². The summed E-state index contributed by atoms with van der Waals surface area (Å²) in [5.41, 5.74) is 0. The summed E-state index contributed by atoms with van der Waals surface area (Å²) in [7, 11) is 0. The Morgan fingerprint density at radius 3 is 2.67 bits per heavy atom. The molecule has 0 spiro atoms. The number of piperidine rings is 1. The van der Waals surface area contributed by atoms with E-state index in [2.05, 4.69) is 24.1 Å². The van der Waals surface area contributed by atoms with Crippen LogP contribution in [0.15, 0.2) is 0 Å². The van der Waals surface area contributed by atoms with E-state index >= 15 is 0 Å². The summed E-state index contributed by atoms with van der Waals surface area (Å²) in [6.45, 7) is 7.48. The summed E-state index contributed by atoms with van der Waals surface area (Å²) in [6, 6.07) is 0.116. The first-order chi connectivity index (χ1) is 7.18. The van der Waals surface area contributed by atoms with Gasteiger partial charge in [0.25, 0.3) is 0 Å². The van der Waals surface area contributed by atoms with Gasteiger partial charge in [-0.25, -0.2) is 0 Å². The van der Waals surface area contributed by atoms with Crippen LogP contribution >= 0.6 is 0 Å². The highest BCUT2D eigenvalue weighted by atomic mass is 16.2. The summed E-state index contributed by atoms with van der Waals surface area (Å²) in [4.78, 5) is 14.2. The zero-order valence-electron chi connectivity index (χ0n) is 9.83. The van der Waals surface area contributed by atoms with Crippen LogP contribution in [0, 0.1) is 11.8 Å². The third-order valence-corrected chi connectivity index (χ3v) is 4.00. The van der Waals surface area contributed by atoms with Gasteiger partial charge in [0.2, 0.25) is 5.91 Å². The number of nitrogens with zero attached hydrogens (tertiary/aromatic N) is 1. The van der Waals surface area contributed by atoms with E-state index in [1.165, 1.54) is 6.42 Å². The van der Waals surface area contributed by atoms with Crippen LogP contribution in [0.5, 0.6) is 0 Å². The summed E-state index contributed by atoms with van der Waals surface area (Å²) >= 11 is 0. The van der Waals surface area contributed by atoms with E-state index in [-0.39, 0.29) is 6.04 Å². The highest BCUT2D eigenvalue weighted by molar-refractivity contribution is 5.82. The lowest BCUT2D eigenvalue weighted by molar-refractivity contribution is -0.135. The number of hydrogen-bond donors (Lipinski definition) is 1. The van der Waals surface area contributed by atoms with Crippen LogP contribution in [0.3, 0.4) is 0 Å². The monoisotopic (exact) mass is 210 g/mol. The minimum absolute atomic E-state index is 0.116. The Balaban J connectivity index is 1.90. The van der Waals surface area contributed by atoms with Crippen LogP contribution in [-0.2, 0) is 4.79 Å². The molecule has 3 atom stereocenters. The van der Waals surface area contributed by atoms with Crippen LogP contribution in [0.25, 0.3) is 0 Å². The topological polar surface area (TPSA) is 32.3 Å². The first-order valence-corrected chi connectivity index (χ1v) is 6.20. The van der Waals surface area contributed by atoms with Crippen molar-refractivity contribution in [2.24, 2.45) is 11.8 Å². The van der Waals surface area contributed by atoms with Crippen LogP contribution in [0.2, 0.25) is 0 Å². The van der Waals surface area contributed by atoms with Crippen LogP contribution in [-0.4, -0.2) is 36.5 Å². The number of nitrogens with one attached hydrogen (secondary N) is 1. The minimum Gasteiger partial charge on any atom is -0.341 e. The first-order valence-electron chi connectivity index (χ1n) is 6.20. The Kier molecular flexibility index (Phi) is 3.29. The lowest BCUT2D eigenvalue weighted by Gasteiger charge is -2.36. The Morgan fingerprint density at radius 2 is 2.07 bits per heavy atom. The van der Waals surface area contributed by atoms with Crippen molar-refractivity contribution in [3.63, 3.8) is 0 Å². The van der Waals surface area contributed by atoms with Crippen molar-refractivity contribution in [2.75, 3.05) is 19.6 Å². The molecule has 86 valence electrons. The van der Waals surface area contributed by atoms with Gasteiger partial charge in [-0.3, -0.25) is 4.79 Å². The maximum absolute atomic E-state index is 12.1. The summed E-state index contributed by atoms with van der Waals surface area (Å²) in [5, 5.41) is 3.29. The smallest absolute Gasteiger partial charge is 0.239 e. The lowest BCUT2D eigenvalue weighted by Crippen LogP contribution is -2.49. The van der Waals surface area contributed by atoms with Crippen molar-refractivity contribution in [1.29, 1.82) is 0 Å². The molecule has 0 aromatic rings. The molecular weight excluding hydrogens is 188 g/mol. The average Bonchev–Trinajstić information content (AvgIpc) is 2.74. The van der Waals surface area contributed by atoms with Crippen molar-refractivity contribution in [1.82, 2.24) is 10.2 Å². The number of carbonyl (C=O) groups is 1. The molecule has 3 nitrogen and oxygen atoms in total. The SMILES string of the molecule is CC1CCN(C(=O)C2CCCN2)CC1C. The average molecular weight is 210 g/mol. The fourth-order valence-electron chi connectivity index (χ4n) is 2.58. The van der Waals surface area contributed by atoms with Crippen molar-refractivity contribution < 1.29 is 4.79 Å². The summed E-state index contributed by atoms with van der Waals surface area (Å²) < 4.78 is 0. The Bertz CT molecular complexity index is 236. The second-order valence-corrected chi connectivity index (χ2v) is 5.18. The maximum atomic E-state index is 12.1. The molecule has 0 radical (unpaired) electrons. The highest BCUT2D eigenvalue weighted by Gasteiger charge is 2.31. The predicted molar refractivity (Wildman–Crippen MR) is 60.5 cm³/mol. The van der Waals surface area contributed by atoms with E-state index in [4.69, 9.17) is 0 Å². The van der Waals surface area contributed by atoms with Gasteiger partial charge in [-0.1, -0.05) is 13.8 Å². The van der Waals surface area contributed by atoms with Crippen molar-refractivity contribution >= 4 is 5.91 Å². The molecule has 15 heavy (non-hydrogen) atoms. The Hall–Kier alpha value is -0.570. The largest absolute Gasteiger partial charge is 0.341 e. The summed E-state index contributed by atoms with van der Waals surface area (Å²) in [6.07, 6.45) is 3.34. The van der Waals surface area contributed by atoms with Crippen LogP contribution < -0.4 is 5.32 Å². The first kappa shape index (κ1) is 10.9. The van der Waals surface area contributed by atoms with E-state index in [0.717, 1.165) is 38.4 Å². The number of rotatable bonds is 1. The zero-order chi connectivity index (χ0) is 10.8. The summed E-state index contributed by atoms with van der Waals surface area (Å²) in [5.74, 6) is 1.76. The van der Waals surface area contributed by atoms with Crippen molar-refractivity contribution in [2.45, 2.75) is 39.2 Å². The van der Waals surface area contributed by atoms with Gasteiger partial charge >= 0.3 is 0 Å². The third-order valence-electron chi connectivity index (χ3n) is 4.00. The molecule has 0 saturated carbocycles. The Labute approximate surface area is 92.2 Å². The third kappa shape index (κ3) is 2.33. The molecule has 2 fully saturated rings. The normalized spacial score (nSPS) is 36.9. The highest BCUT2D eigenvalue weighted by Crippen LogP contribution is 2.23. The van der Waals surface area contributed by atoms with Gasteiger partial charge in [-0.05, 0) is 37.6 Å². The van der Waals surface area contributed by atoms with Gasteiger partial charge in [0, 0.05) is 13.1 Å². The molecule has 0 aliphatic carbocycles. The van der Waals surface area contributed by atoms with Gasteiger partial charge in [0.15, 0.2) is 0 Å². The molecule has 1 N–H and O–H groups in total. The predicted octanol–water partition coefficient (Wildman–Crippen LogP) is 1.24. The minimum atomic E-state index is 0.116. The van der Waals surface area contributed by atoms with Crippen LogP contribution in [0.1, 0.15) is 33.1 Å². The molecule has 0 aromatic carbocycles. The quantitative estimate of drug-likeness (QED) is 0.706. The van der Waals surface area contributed by atoms with Crippen molar-refractivity contribution in [3.05, 3.63) is 0 Å². The number of hydrogen-bond acceptors (Lipinski definition) is 2. The van der Waals surface area contributed by atoms with Gasteiger partial charge in [-0.2, -0.15) is 0 Å². The second-order valence-electron chi connectivity index (χ2n) is 5.18. The fraction of sp³-hybridized carbons (Fsp3) is 0.917. The molecule has 2 aliphatic rings. The van der Waals surface area contributed by atoms with E-state index < -0.39 is 0 Å². The zero-order valence-corrected chi connectivity index (χ0v) is 9.83. The molecule has 2 aliphatic heterocycles. The number of carbonyl (C=O) groups excluding carboxylic acids is 1. The molecule has 2 heterocycles. The number of amides is 1. The molecular formula is C12H22N2O. The van der Waals surface area contributed by atoms with Crippen molar-refractivity contribution in [3.8, 4) is 0 Å². The maximum Gasteiger partial charge on any atom is 0.239 e. The fourth-order valence-corrected chi connectivity index (χ4v) is 2.58. The van der Waals surface area contributed by atoms with E-state index in [0.29, 0.717) is 11.8 Å². The van der Waals surface area contributed by atoms with Gasteiger partial charge in [0.05, 0.1) is 6.04 Å². The van der Waals surface area contributed by atoms with E-state index in [1.54, 1.807) is 0 Å². The molecule has 2 saturated heterocycles. The van der Waals surface area contributed by atoms with E-state index in [1.807, 2.05) is 0 Å². The van der Waals surface area contributed by atoms with E-state index in [9.17, 15) is 4.79 Å². The second kappa shape index (κ2) is 4.52. The molecule has 0 bridgehead atoms. The van der Waals surface area contributed by atoms with Gasteiger partial charge in [0.1, 0.15) is 0 Å². The standard InChI is InChI=1S/C12H22N2O/c1-9-5-7-14(8-10(9)2)12(15)11-4-3-6-13-11/h9-11,13H,3-8H2,1-2H3. The van der Waals surface area contributed by atoms with Gasteiger partial charge in [-0.15, -0.1) is 0 Å². The molecule has 3 unspecified atom stereocenters.